The molecule has 1 heterocycles. The van der Waals surface area contributed by atoms with Crippen LogP contribution in [0.3, 0.4) is 0 Å². The molecule has 2 rings (SSSR count). The predicted molar refractivity (Wildman–Crippen MR) is 105 cm³/mol. The van der Waals surface area contributed by atoms with Crippen molar-refractivity contribution < 1.29 is 18.0 Å². The quantitative estimate of drug-likeness (QED) is 0.756. The molecule has 2 amide bonds. The van der Waals surface area contributed by atoms with E-state index >= 15 is 0 Å². The van der Waals surface area contributed by atoms with E-state index in [1.165, 1.54) is 14.6 Å². The van der Waals surface area contributed by atoms with Gasteiger partial charge in [-0.1, -0.05) is 30.3 Å². The third-order valence-electron chi connectivity index (χ3n) is 4.55. The topological polar surface area (TPSA) is 86.8 Å². The van der Waals surface area contributed by atoms with E-state index in [9.17, 15) is 18.0 Å². The molecule has 1 aromatic rings. The van der Waals surface area contributed by atoms with Crippen molar-refractivity contribution in [1.29, 1.82) is 0 Å². The summed E-state index contributed by atoms with van der Waals surface area (Å²) in [6.07, 6.45) is 2.80. The van der Waals surface area contributed by atoms with Crippen LogP contribution in [-0.4, -0.2) is 63.2 Å². The van der Waals surface area contributed by atoms with E-state index in [1.807, 2.05) is 30.3 Å². The molecule has 0 radical (unpaired) electrons. The summed E-state index contributed by atoms with van der Waals surface area (Å²) in [5, 5.41) is 3.99. The first-order valence-corrected chi connectivity index (χ1v) is 10.5. The van der Waals surface area contributed by atoms with Crippen molar-refractivity contribution in [3.05, 3.63) is 41.3 Å². The lowest BCUT2D eigenvalue weighted by molar-refractivity contribution is -0.129. The van der Waals surface area contributed by atoms with Crippen LogP contribution >= 0.6 is 0 Å². The Morgan fingerprint density at radius 2 is 1.81 bits per heavy atom. The van der Waals surface area contributed by atoms with E-state index < -0.39 is 10.0 Å². The lowest BCUT2D eigenvalue weighted by atomic mass is 9.97. The monoisotopic (exact) mass is 393 g/mol. The van der Waals surface area contributed by atoms with Gasteiger partial charge in [-0.15, -0.1) is 0 Å². The number of sulfonamides is 1. The van der Waals surface area contributed by atoms with Gasteiger partial charge in [0.1, 0.15) is 0 Å². The number of hydrogen-bond donors (Lipinski definition) is 1. The van der Waals surface area contributed by atoms with Gasteiger partial charge in [0.25, 0.3) is 0 Å². The highest BCUT2D eigenvalue weighted by atomic mass is 32.2. The lowest BCUT2D eigenvalue weighted by Gasteiger charge is -2.29. The van der Waals surface area contributed by atoms with Gasteiger partial charge in [0.15, 0.2) is 0 Å². The van der Waals surface area contributed by atoms with Crippen molar-refractivity contribution in [3.8, 4) is 0 Å². The fourth-order valence-electron chi connectivity index (χ4n) is 2.85. The van der Waals surface area contributed by atoms with Gasteiger partial charge in [0.05, 0.1) is 0 Å². The molecule has 7 nitrogen and oxygen atoms in total. The first kappa shape index (κ1) is 21.1. The van der Waals surface area contributed by atoms with Gasteiger partial charge in [-0.05, 0) is 24.5 Å². The number of piperidine rings is 1. The second-order valence-corrected chi connectivity index (χ2v) is 8.58. The fourth-order valence-corrected chi connectivity index (χ4v) is 4.07. The van der Waals surface area contributed by atoms with Crippen LogP contribution in [0.1, 0.15) is 24.8 Å². The van der Waals surface area contributed by atoms with E-state index in [2.05, 4.69) is 5.32 Å². The molecule has 0 spiro atoms. The Kier molecular flexibility index (Phi) is 7.55. The lowest BCUT2D eigenvalue weighted by Crippen LogP contribution is -2.42. The van der Waals surface area contributed by atoms with Crippen LogP contribution in [0.2, 0.25) is 0 Å². The number of hydrogen-bond acceptors (Lipinski definition) is 4. The predicted octanol–water partition coefficient (Wildman–Crippen LogP) is 1.29. The Morgan fingerprint density at radius 1 is 1.19 bits per heavy atom. The molecule has 1 aliphatic rings. The number of benzene rings is 1. The van der Waals surface area contributed by atoms with Crippen molar-refractivity contribution in [1.82, 2.24) is 14.5 Å². The molecule has 0 bridgehead atoms. The zero-order valence-corrected chi connectivity index (χ0v) is 16.6. The van der Waals surface area contributed by atoms with Gasteiger partial charge in [-0.2, -0.15) is 4.31 Å². The second kappa shape index (κ2) is 9.66. The second-order valence-electron chi connectivity index (χ2n) is 6.76. The summed E-state index contributed by atoms with van der Waals surface area (Å²) in [6.45, 7) is 0.931. The molecule has 1 aliphatic heterocycles. The van der Waals surface area contributed by atoms with Crippen molar-refractivity contribution >= 4 is 27.9 Å². The summed E-state index contributed by atoms with van der Waals surface area (Å²) in [5.41, 5.74) is 0.822. The first-order chi connectivity index (χ1) is 12.8. The largest absolute Gasteiger partial charge is 0.355 e. The average molecular weight is 394 g/mol. The molecular weight excluding hydrogens is 366 g/mol. The molecule has 0 aliphatic carbocycles. The highest BCUT2D eigenvalue weighted by Crippen LogP contribution is 2.21. The molecule has 27 heavy (non-hydrogen) atoms. The minimum atomic E-state index is -3.50. The van der Waals surface area contributed by atoms with E-state index in [4.69, 9.17) is 0 Å². The summed E-state index contributed by atoms with van der Waals surface area (Å²) in [7, 11) is -0.151. The number of carbonyl (C=O) groups excluding carboxylic acids is 2. The standard InChI is InChI=1S/C19H27N3O4S/c1-21(2)18(23)8-12-20-19(24)17-9-13-22(14-10-17)27(25,26)15-11-16-6-4-3-5-7-16/h3-7,11,15,17H,8-10,12-14H2,1-2H3,(H,20,24). The Labute approximate surface area is 161 Å². The molecule has 0 unspecified atom stereocenters. The minimum absolute atomic E-state index is 0.0404. The molecular formula is C19H27N3O4S. The number of rotatable bonds is 7. The van der Waals surface area contributed by atoms with Crippen molar-refractivity contribution in [2.24, 2.45) is 5.92 Å². The van der Waals surface area contributed by atoms with Crippen molar-refractivity contribution in [2.75, 3.05) is 33.7 Å². The Hall–Kier alpha value is -2.19. The maximum atomic E-state index is 12.4. The van der Waals surface area contributed by atoms with Crippen molar-refractivity contribution in [2.45, 2.75) is 19.3 Å². The van der Waals surface area contributed by atoms with E-state index in [1.54, 1.807) is 20.2 Å². The van der Waals surface area contributed by atoms with Crippen LogP contribution in [0, 0.1) is 5.92 Å². The molecule has 1 saturated heterocycles. The Balaban J connectivity index is 1.81. The van der Waals surface area contributed by atoms with E-state index in [-0.39, 0.29) is 24.2 Å². The van der Waals surface area contributed by atoms with Gasteiger partial charge >= 0.3 is 0 Å². The van der Waals surface area contributed by atoms with Crippen LogP contribution in [0.25, 0.3) is 6.08 Å². The Morgan fingerprint density at radius 3 is 2.41 bits per heavy atom. The fraction of sp³-hybridized carbons (Fsp3) is 0.474. The highest BCUT2D eigenvalue weighted by molar-refractivity contribution is 7.92. The number of amides is 2. The average Bonchev–Trinajstić information content (AvgIpc) is 2.67. The van der Waals surface area contributed by atoms with Gasteiger partial charge in [-0.25, -0.2) is 8.42 Å². The molecule has 1 aromatic carbocycles. The molecule has 0 saturated carbocycles. The van der Waals surface area contributed by atoms with Crippen LogP contribution < -0.4 is 5.32 Å². The van der Waals surface area contributed by atoms with Gasteiger partial charge < -0.3 is 10.2 Å². The Bertz CT molecular complexity index is 767. The number of carbonyl (C=O) groups is 2. The van der Waals surface area contributed by atoms with Crippen LogP contribution in [0.4, 0.5) is 0 Å². The van der Waals surface area contributed by atoms with Crippen LogP contribution in [-0.2, 0) is 19.6 Å². The summed E-state index contributed by atoms with van der Waals surface area (Å²) < 4.78 is 26.3. The SMILES string of the molecule is CN(C)C(=O)CCNC(=O)C1CCN(S(=O)(=O)C=Cc2ccccc2)CC1. The van der Waals surface area contributed by atoms with Crippen LogP contribution in [0.15, 0.2) is 35.7 Å². The summed E-state index contributed by atoms with van der Waals surface area (Å²) in [5.74, 6) is -0.371. The molecule has 8 heteroatoms. The summed E-state index contributed by atoms with van der Waals surface area (Å²) in [6, 6.07) is 9.25. The maximum Gasteiger partial charge on any atom is 0.236 e. The maximum absolute atomic E-state index is 12.4. The minimum Gasteiger partial charge on any atom is -0.355 e. The van der Waals surface area contributed by atoms with Crippen LogP contribution in [0.5, 0.6) is 0 Å². The van der Waals surface area contributed by atoms with Crippen molar-refractivity contribution in [3.63, 3.8) is 0 Å². The zero-order chi connectivity index (χ0) is 19.9. The first-order valence-electron chi connectivity index (χ1n) is 9.01. The molecule has 148 valence electrons. The zero-order valence-electron chi connectivity index (χ0n) is 15.8. The van der Waals surface area contributed by atoms with Gasteiger partial charge in [-0.3, -0.25) is 9.59 Å². The normalized spacial score (nSPS) is 16.4. The van der Waals surface area contributed by atoms with Gasteiger partial charge in [0.2, 0.25) is 21.8 Å². The molecule has 1 fully saturated rings. The smallest absolute Gasteiger partial charge is 0.236 e. The van der Waals surface area contributed by atoms with E-state index in [0.29, 0.717) is 32.5 Å². The number of nitrogens with zero attached hydrogens (tertiary/aromatic N) is 2. The third kappa shape index (κ3) is 6.48. The van der Waals surface area contributed by atoms with E-state index in [0.717, 1.165) is 5.56 Å². The highest BCUT2D eigenvalue weighted by Gasteiger charge is 2.29. The van der Waals surface area contributed by atoms with Gasteiger partial charge in [0, 0.05) is 51.5 Å². The summed E-state index contributed by atoms with van der Waals surface area (Å²) in [4.78, 5) is 25.2. The summed E-state index contributed by atoms with van der Waals surface area (Å²) >= 11 is 0. The molecule has 0 atom stereocenters. The molecule has 0 aromatic heterocycles. The third-order valence-corrected chi connectivity index (χ3v) is 6.12. The molecule has 1 N–H and O–H groups in total. The number of nitrogens with one attached hydrogen (secondary N) is 1.